The second kappa shape index (κ2) is 6.36. The molecular formula is C9H16N4OS. The van der Waals surface area contributed by atoms with Crippen LogP contribution in [0, 0.1) is 0 Å². The van der Waals surface area contributed by atoms with Gasteiger partial charge in [-0.1, -0.05) is 0 Å². The highest BCUT2D eigenvalue weighted by Crippen LogP contribution is 2.20. The first-order valence-corrected chi connectivity index (χ1v) is 5.71. The molecule has 0 amide bonds. The zero-order valence-electron chi connectivity index (χ0n) is 8.47. The topological polar surface area (TPSA) is 97.5 Å². The SMILES string of the molecule is NC(N)=NCCCCC(O)c1nccs1. The predicted molar refractivity (Wildman–Crippen MR) is 61.6 cm³/mol. The average molecular weight is 228 g/mol. The first-order chi connectivity index (χ1) is 7.20. The third-order valence-corrected chi connectivity index (χ3v) is 2.79. The van der Waals surface area contributed by atoms with E-state index in [2.05, 4.69) is 9.98 Å². The number of hydrogen-bond acceptors (Lipinski definition) is 4. The molecule has 5 nitrogen and oxygen atoms in total. The van der Waals surface area contributed by atoms with Crippen LogP contribution in [0.2, 0.25) is 0 Å². The molecule has 0 aliphatic heterocycles. The van der Waals surface area contributed by atoms with Crippen molar-refractivity contribution in [2.45, 2.75) is 25.4 Å². The highest BCUT2D eigenvalue weighted by atomic mass is 32.1. The van der Waals surface area contributed by atoms with Crippen molar-refractivity contribution in [2.75, 3.05) is 6.54 Å². The summed E-state index contributed by atoms with van der Waals surface area (Å²) < 4.78 is 0. The summed E-state index contributed by atoms with van der Waals surface area (Å²) in [6.45, 7) is 0.618. The Morgan fingerprint density at radius 3 is 2.93 bits per heavy atom. The zero-order valence-corrected chi connectivity index (χ0v) is 9.28. The van der Waals surface area contributed by atoms with E-state index in [1.54, 1.807) is 6.20 Å². The summed E-state index contributed by atoms with van der Waals surface area (Å²) in [4.78, 5) is 7.91. The van der Waals surface area contributed by atoms with Gasteiger partial charge in [0.1, 0.15) is 11.1 Å². The van der Waals surface area contributed by atoms with E-state index in [9.17, 15) is 5.11 Å². The molecule has 0 aromatic carbocycles. The molecule has 1 unspecified atom stereocenters. The number of unbranched alkanes of at least 4 members (excludes halogenated alkanes) is 1. The third-order valence-electron chi connectivity index (χ3n) is 1.92. The molecule has 0 radical (unpaired) electrons. The van der Waals surface area contributed by atoms with Gasteiger partial charge in [0.05, 0.1) is 0 Å². The minimum Gasteiger partial charge on any atom is -0.386 e. The number of aliphatic hydroxyl groups excluding tert-OH is 1. The lowest BCUT2D eigenvalue weighted by atomic mass is 10.1. The van der Waals surface area contributed by atoms with E-state index in [1.807, 2.05) is 5.38 Å². The Bertz CT molecular complexity index is 295. The molecule has 1 aromatic heterocycles. The summed E-state index contributed by atoms with van der Waals surface area (Å²) in [6, 6.07) is 0. The van der Waals surface area contributed by atoms with Gasteiger partial charge in [-0.2, -0.15) is 0 Å². The van der Waals surface area contributed by atoms with Gasteiger partial charge in [-0.05, 0) is 19.3 Å². The minimum atomic E-state index is -0.454. The molecule has 0 saturated heterocycles. The lowest BCUT2D eigenvalue weighted by Gasteiger charge is -2.05. The number of aliphatic hydroxyl groups is 1. The molecule has 1 heterocycles. The van der Waals surface area contributed by atoms with Crippen LogP contribution in [0.15, 0.2) is 16.6 Å². The van der Waals surface area contributed by atoms with Gasteiger partial charge < -0.3 is 16.6 Å². The zero-order chi connectivity index (χ0) is 11.1. The van der Waals surface area contributed by atoms with Gasteiger partial charge in [0.15, 0.2) is 5.96 Å². The summed E-state index contributed by atoms with van der Waals surface area (Å²) in [7, 11) is 0. The Kier molecular flexibility index (Phi) is 5.06. The molecule has 0 bridgehead atoms. The van der Waals surface area contributed by atoms with E-state index in [4.69, 9.17) is 11.5 Å². The lowest BCUT2D eigenvalue weighted by Crippen LogP contribution is -2.22. The van der Waals surface area contributed by atoms with Crippen molar-refractivity contribution in [1.29, 1.82) is 0 Å². The first-order valence-electron chi connectivity index (χ1n) is 4.83. The number of guanidine groups is 1. The van der Waals surface area contributed by atoms with Crippen molar-refractivity contribution in [3.8, 4) is 0 Å². The van der Waals surface area contributed by atoms with Crippen LogP contribution in [0.4, 0.5) is 0 Å². The number of aromatic nitrogens is 1. The molecule has 84 valence electrons. The summed E-state index contributed by atoms with van der Waals surface area (Å²) in [6.07, 6.45) is 3.71. The van der Waals surface area contributed by atoms with Gasteiger partial charge in [-0.3, -0.25) is 4.99 Å². The maximum Gasteiger partial charge on any atom is 0.185 e. The average Bonchev–Trinajstić information content (AvgIpc) is 2.69. The number of aliphatic imine (C=N–C) groups is 1. The van der Waals surface area contributed by atoms with Crippen LogP contribution in [0.5, 0.6) is 0 Å². The number of hydrogen-bond donors (Lipinski definition) is 3. The highest BCUT2D eigenvalue weighted by Gasteiger charge is 2.08. The molecule has 6 heteroatoms. The molecule has 0 fully saturated rings. The fourth-order valence-corrected chi connectivity index (χ4v) is 1.84. The molecule has 0 aliphatic carbocycles. The van der Waals surface area contributed by atoms with Crippen LogP contribution < -0.4 is 11.5 Å². The Labute approximate surface area is 92.9 Å². The van der Waals surface area contributed by atoms with Crippen LogP contribution in [0.25, 0.3) is 0 Å². The van der Waals surface area contributed by atoms with Crippen molar-refractivity contribution in [3.05, 3.63) is 16.6 Å². The van der Waals surface area contributed by atoms with Crippen LogP contribution in [-0.4, -0.2) is 22.6 Å². The van der Waals surface area contributed by atoms with Crippen molar-refractivity contribution >= 4 is 17.3 Å². The highest BCUT2D eigenvalue weighted by molar-refractivity contribution is 7.09. The summed E-state index contributed by atoms with van der Waals surface area (Å²) >= 11 is 1.47. The Morgan fingerprint density at radius 2 is 2.33 bits per heavy atom. The lowest BCUT2D eigenvalue weighted by molar-refractivity contribution is 0.163. The summed E-state index contributed by atoms with van der Waals surface area (Å²) in [5, 5.41) is 12.3. The van der Waals surface area contributed by atoms with Gasteiger partial charge in [-0.15, -0.1) is 11.3 Å². The monoisotopic (exact) mass is 228 g/mol. The van der Waals surface area contributed by atoms with E-state index in [-0.39, 0.29) is 5.96 Å². The molecule has 0 aliphatic rings. The quantitative estimate of drug-likeness (QED) is 0.377. The maximum atomic E-state index is 9.68. The van der Waals surface area contributed by atoms with Crippen molar-refractivity contribution in [1.82, 2.24) is 4.98 Å². The maximum absolute atomic E-state index is 9.68. The van der Waals surface area contributed by atoms with E-state index >= 15 is 0 Å². The van der Waals surface area contributed by atoms with Crippen LogP contribution in [0.1, 0.15) is 30.4 Å². The van der Waals surface area contributed by atoms with Crippen molar-refractivity contribution in [3.63, 3.8) is 0 Å². The summed E-state index contributed by atoms with van der Waals surface area (Å²) in [5.41, 5.74) is 10.4. The van der Waals surface area contributed by atoms with Crippen molar-refractivity contribution in [2.24, 2.45) is 16.5 Å². The Balaban J connectivity index is 2.13. The number of nitrogens with two attached hydrogens (primary N) is 2. The summed E-state index contributed by atoms with van der Waals surface area (Å²) in [5.74, 6) is 0.121. The Hall–Kier alpha value is -1.14. The fraction of sp³-hybridized carbons (Fsp3) is 0.556. The van der Waals surface area contributed by atoms with Gasteiger partial charge >= 0.3 is 0 Å². The molecule has 1 atom stereocenters. The van der Waals surface area contributed by atoms with E-state index < -0.39 is 6.10 Å². The van der Waals surface area contributed by atoms with E-state index in [0.717, 1.165) is 17.8 Å². The fourth-order valence-electron chi connectivity index (χ4n) is 1.18. The smallest absolute Gasteiger partial charge is 0.185 e. The van der Waals surface area contributed by atoms with Crippen molar-refractivity contribution < 1.29 is 5.11 Å². The number of nitrogens with zero attached hydrogens (tertiary/aromatic N) is 2. The van der Waals surface area contributed by atoms with E-state index in [1.165, 1.54) is 11.3 Å². The first kappa shape index (κ1) is 11.9. The molecule has 0 saturated carbocycles. The van der Waals surface area contributed by atoms with Gasteiger partial charge in [0, 0.05) is 18.1 Å². The molecule has 1 rings (SSSR count). The van der Waals surface area contributed by atoms with Gasteiger partial charge in [0.25, 0.3) is 0 Å². The number of rotatable bonds is 6. The largest absolute Gasteiger partial charge is 0.386 e. The Morgan fingerprint density at radius 1 is 1.53 bits per heavy atom. The van der Waals surface area contributed by atoms with Gasteiger partial charge in [0.2, 0.25) is 0 Å². The normalized spacial score (nSPS) is 12.3. The predicted octanol–water partition coefficient (Wildman–Crippen LogP) is 0.620. The number of thiazole rings is 1. The van der Waals surface area contributed by atoms with Crippen LogP contribution in [0.3, 0.4) is 0 Å². The molecular weight excluding hydrogens is 212 g/mol. The standard InChI is InChI=1S/C9H16N4OS/c10-9(11)13-4-2-1-3-7(14)8-12-5-6-15-8/h5-7,14H,1-4H2,(H4,10,11,13). The van der Waals surface area contributed by atoms with Crippen LogP contribution >= 0.6 is 11.3 Å². The second-order valence-corrected chi connectivity index (χ2v) is 4.11. The third kappa shape index (κ3) is 4.75. The second-order valence-electron chi connectivity index (χ2n) is 3.19. The van der Waals surface area contributed by atoms with E-state index in [0.29, 0.717) is 13.0 Å². The molecule has 0 spiro atoms. The van der Waals surface area contributed by atoms with Gasteiger partial charge in [-0.25, -0.2) is 4.98 Å². The molecule has 15 heavy (non-hydrogen) atoms. The van der Waals surface area contributed by atoms with Crippen LogP contribution in [-0.2, 0) is 0 Å². The minimum absolute atomic E-state index is 0.121. The molecule has 1 aromatic rings. The molecule has 5 N–H and O–H groups in total.